The van der Waals surface area contributed by atoms with E-state index < -0.39 is 17.2 Å². The number of esters is 1. The Labute approximate surface area is 131 Å². The van der Waals surface area contributed by atoms with Crippen LogP contribution in [0.5, 0.6) is 0 Å². The Morgan fingerprint density at radius 3 is 2.36 bits per heavy atom. The van der Waals surface area contributed by atoms with Gasteiger partial charge in [-0.25, -0.2) is 4.79 Å². The zero-order chi connectivity index (χ0) is 16.1. The van der Waals surface area contributed by atoms with Gasteiger partial charge in [-0.2, -0.15) is 0 Å². The number of nitrogens with zero attached hydrogens (tertiary/aromatic N) is 1. The van der Waals surface area contributed by atoms with Crippen LogP contribution in [0.25, 0.3) is 0 Å². The van der Waals surface area contributed by atoms with Crippen molar-refractivity contribution in [3.05, 3.63) is 59.7 Å². The molecule has 2 rings (SSSR count). The van der Waals surface area contributed by atoms with E-state index in [1.54, 1.807) is 43.3 Å². The summed E-state index contributed by atoms with van der Waals surface area (Å²) in [5.74, 6) is -0.431. The Balaban J connectivity index is 2.37. The Morgan fingerprint density at radius 1 is 1.18 bits per heavy atom. The first kappa shape index (κ1) is 16.2. The van der Waals surface area contributed by atoms with Crippen LogP contribution >= 0.6 is 0 Å². The van der Waals surface area contributed by atoms with Gasteiger partial charge in [-0.15, -0.1) is 0 Å². The van der Waals surface area contributed by atoms with Crippen LogP contribution in [0, 0.1) is 6.92 Å². The maximum Gasteiger partial charge on any atom is 0.338 e. The molecule has 0 aliphatic heterocycles. The normalized spacial score (nSPS) is 11.8. The molecule has 2 aromatic carbocycles. The van der Waals surface area contributed by atoms with Gasteiger partial charge in [0.2, 0.25) is 0 Å². The zero-order valence-corrected chi connectivity index (χ0v) is 13.1. The quantitative estimate of drug-likeness (QED) is 0.627. The van der Waals surface area contributed by atoms with E-state index in [-0.39, 0.29) is 0 Å². The smallest absolute Gasteiger partial charge is 0.338 e. The highest BCUT2D eigenvalue weighted by atomic mass is 32.2. The number of anilines is 2. The number of carbonyl (C=O) groups excluding carboxylic acids is 1. The fourth-order valence-corrected chi connectivity index (χ4v) is 2.70. The van der Waals surface area contributed by atoms with Gasteiger partial charge >= 0.3 is 5.97 Å². The van der Waals surface area contributed by atoms with Gasteiger partial charge in [-0.05, 0) is 49.7 Å². The van der Waals surface area contributed by atoms with Crippen molar-refractivity contribution in [2.24, 2.45) is 0 Å². The van der Waals surface area contributed by atoms with Crippen LogP contribution in [-0.2, 0) is 16.0 Å². The predicted molar refractivity (Wildman–Crippen MR) is 84.6 cm³/mol. The minimum absolute atomic E-state index is 0.292. The van der Waals surface area contributed by atoms with Crippen molar-refractivity contribution in [2.45, 2.75) is 13.8 Å². The Bertz CT molecular complexity index is 685. The summed E-state index contributed by atoms with van der Waals surface area (Å²) < 4.78 is 29.3. The second-order valence-electron chi connectivity index (χ2n) is 4.57. The van der Waals surface area contributed by atoms with Crippen molar-refractivity contribution in [3.8, 4) is 0 Å². The number of hydrogen-bond donors (Lipinski definition) is 0. The van der Waals surface area contributed by atoms with Gasteiger partial charge in [-0.3, -0.25) is 8.51 Å². The summed E-state index contributed by atoms with van der Waals surface area (Å²) >= 11 is -2.47. The van der Waals surface area contributed by atoms with Crippen LogP contribution in [0.15, 0.2) is 48.5 Å². The standard InChI is InChI=1S/C16H17NO4S/c1-3-21-16(18)13-8-10-14(11-9-13)17(22(19)20)15-7-5-4-6-12(15)2/h4-11H,3H2,1-2H3,(H,19,20)/p-1. The van der Waals surface area contributed by atoms with Crippen molar-refractivity contribution < 1.29 is 18.3 Å². The summed E-state index contributed by atoms with van der Waals surface area (Å²) in [5.41, 5.74) is 2.24. The number of rotatable bonds is 5. The molecule has 6 heteroatoms. The van der Waals surface area contributed by atoms with Crippen LogP contribution in [0.2, 0.25) is 0 Å². The first-order valence-corrected chi connectivity index (χ1v) is 7.80. The fraction of sp³-hybridized carbons (Fsp3) is 0.188. The van der Waals surface area contributed by atoms with Crippen molar-refractivity contribution in [1.82, 2.24) is 0 Å². The summed E-state index contributed by atoms with van der Waals surface area (Å²) in [4.78, 5) is 11.6. The fourth-order valence-electron chi connectivity index (χ4n) is 2.04. The molecule has 0 bridgehead atoms. The highest BCUT2D eigenvalue weighted by Crippen LogP contribution is 2.29. The van der Waals surface area contributed by atoms with Crippen LogP contribution in [0.1, 0.15) is 22.8 Å². The van der Waals surface area contributed by atoms with E-state index in [0.717, 1.165) is 5.56 Å². The highest BCUT2D eigenvalue weighted by Gasteiger charge is 2.13. The molecule has 1 atom stereocenters. The number of aryl methyl sites for hydroxylation is 1. The van der Waals surface area contributed by atoms with Crippen LogP contribution in [0.3, 0.4) is 0 Å². The average molecular weight is 318 g/mol. The maximum atomic E-state index is 11.6. The largest absolute Gasteiger partial charge is 0.755 e. The summed E-state index contributed by atoms with van der Waals surface area (Å²) in [6, 6.07) is 13.4. The molecule has 0 aliphatic carbocycles. The second-order valence-corrected chi connectivity index (χ2v) is 5.36. The molecule has 2 aromatic rings. The van der Waals surface area contributed by atoms with Gasteiger partial charge in [0.1, 0.15) is 0 Å². The SMILES string of the molecule is CCOC(=O)c1ccc(N(c2ccccc2C)S(=O)[O-])cc1. The summed E-state index contributed by atoms with van der Waals surface area (Å²) in [7, 11) is 0. The van der Waals surface area contributed by atoms with Gasteiger partial charge in [0.25, 0.3) is 0 Å². The molecule has 22 heavy (non-hydrogen) atoms. The molecule has 116 valence electrons. The topological polar surface area (TPSA) is 69.7 Å². The molecular weight excluding hydrogens is 302 g/mol. The molecule has 0 aliphatic rings. The average Bonchev–Trinajstić information content (AvgIpc) is 2.50. The van der Waals surface area contributed by atoms with Crippen molar-refractivity contribution >= 4 is 28.6 Å². The third kappa shape index (κ3) is 3.52. The second kappa shape index (κ2) is 7.20. The van der Waals surface area contributed by atoms with E-state index in [2.05, 4.69) is 0 Å². The first-order chi connectivity index (χ1) is 10.5. The van der Waals surface area contributed by atoms with E-state index in [9.17, 15) is 13.6 Å². The summed E-state index contributed by atoms with van der Waals surface area (Å²) in [6.07, 6.45) is 0. The van der Waals surface area contributed by atoms with E-state index in [0.29, 0.717) is 23.5 Å². The van der Waals surface area contributed by atoms with Crippen molar-refractivity contribution in [3.63, 3.8) is 0 Å². The third-order valence-electron chi connectivity index (χ3n) is 3.10. The van der Waals surface area contributed by atoms with Gasteiger partial charge < -0.3 is 9.29 Å². The predicted octanol–water partition coefficient (Wildman–Crippen LogP) is 3.10. The Hall–Kier alpha value is -2.18. The Morgan fingerprint density at radius 2 is 1.82 bits per heavy atom. The van der Waals surface area contributed by atoms with Crippen LogP contribution in [0.4, 0.5) is 11.4 Å². The molecule has 0 radical (unpaired) electrons. The van der Waals surface area contributed by atoms with E-state index >= 15 is 0 Å². The number of carbonyl (C=O) groups is 1. The van der Waals surface area contributed by atoms with E-state index in [4.69, 9.17) is 4.74 Å². The molecule has 0 saturated heterocycles. The van der Waals surface area contributed by atoms with Gasteiger partial charge in [0.15, 0.2) is 0 Å². The van der Waals surface area contributed by atoms with Crippen LogP contribution in [-0.4, -0.2) is 21.3 Å². The monoisotopic (exact) mass is 318 g/mol. The number of benzene rings is 2. The molecule has 0 fully saturated rings. The Kier molecular flexibility index (Phi) is 5.30. The first-order valence-electron chi connectivity index (χ1n) is 6.77. The minimum Gasteiger partial charge on any atom is -0.755 e. The molecule has 0 heterocycles. The van der Waals surface area contributed by atoms with Crippen molar-refractivity contribution in [2.75, 3.05) is 10.9 Å². The van der Waals surface area contributed by atoms with Crippen molar-refractivity contribution in [1.29, 1.82) is 0 Å². The van der Waals surface area contributed by atoms with E-state index in [1.807, 2.05) is 19.1 Å². The molecule has 0 amide bonds. The van der Waals surface area contributed by atoms with E-state index in [1.165, 1.54) is 4.31 Å². The lowest BCUT2D eigenvalue weighted by atomic mass is 10.1. The highest BCUT2D eigenvalue weighted by molar-refractivity contribution is 7.81. The number of para-hydroxylation sites is 1. The molecular formula is C16H16NO4S-. The summed E-state index contributed by atoms with van der Waals surface area (Å²) in [6.45, 7) is 3.86. The zero-order valence-electron chi connectivity index (χ0n) is 12.3. The minimum atomic E-state index is -2.47. The van der Waals surface area contributed by atoms with Gasteiger partial charge in [0.05, 0.1) is 34.8 Å². The lowest BCUT2D eigenvalue weighted by molar-refractivity contribution is 0.0526. The number of ether oxygens (including phenoxy) is 1. The van der Waals surface area contributed by atoms with Gasteiger partial charge in [-0.1, -0.05) is 18.2 Å². The van der Waals surface area contributed by atoms with Crippen LogP contribution < -0.4 is 4.31 Å². The lowest BCUT2D eigenvalue weighted by Crippen LogP contribution is -2.20. The molecule has 0 N–H and O–H groups in total. The summed E-state index contributed by atoms with van der Waals surface area (Å²) in [5, 5.41) is 0. The maximum absolute atomic E-state index is 11.6. The third-order valence-corrected chi connectivity index (χ3v) is 3.80. The number of hydrogen-bond acceptors (Lipinski definition) is 4. The molecule has 1 unspecified atom stereocenters. The van der Waals surface area contributed by atoms with Gasteiger partial charge in [0, 0.05) is 0 Å². The molecule has 0 aromatic heterocycles. The molecule has 0 saturated carbocycles. The molecule has 5 nitrogen and oxygen atoms in total. The molecule has 0 spiro atoms. The lowest BCUT2D eigenvalue weighted by Gasteiger charge is -2.27.